The number of hydrogen-bond acceptors (Lipinski definition) is 3. The summed E-state index contributed by atoms with van der Waals surface area (Å²) in [6.07, 6.45) is 1.65. The molecule has 0 amide bonds. The van der Waals surface area contributed by atoms with Crippen LogP contribution in [0.1, 0.15) is 26.7 Å². The van der Waals surface area contributed by atoms with E-state index in [2.05, 4.69) is 0 Å². The molecule has 5 heteroatoms. The highest BCUT2D eigenvalue weighted by atomic mass is 32.2. The van der Waals surface area contributed by atoms with Crippen LogP contribution in [0.2, 0.25) is 0 Å². The lowest BCUT2D eigenvalue weighted by Gasteiger charge is -2.34. The number of aliphatic hydroxyl groups excluding tert-OH is 1. The standard InChI is InChI=1S/C9H19NO3S/c1-8(2)9(7-11)10-5-3-4-6-14(10,12)13/h8-9,11H,3-7H2,1-2H3/t9-/m0/s1. The Hall–Kier alpha value is -0.130. The Balaban J connectivity index is 2.82. The van der Waals surface area contributed by atoms with Crippen molar-refractivity contribution in [2.24, 2.45) is 5.92 Å². The highest BCUT2D eigenvalue weighted by Gasteiger charge is 2.33. The van der Waals surface area contributed by atoms with Gasteiger partial charge in [0, 0.05) is 6.54 Å². The molecule has 1 heterocycles. The van der Waals surface area contributed by atoms with Gasteiger partial charge in [0.25, 0.3) is 0 Å². The summed E-state index contributed by atoms with van der Waals surface area (Å²) in [6.45, 7) is 4.35. The van der Waals surface area contributed by atoms with Crippen LogP contribution in [0.25, 0.3) is 0 Å². The van der Waals surface area contributed by atoms with Crippen molar-refractivity contribution >= 4 is 10.0 Å². The monoisotopic (exact) mass is 221 g/mol. The molecule has 1 atom stereocenters. The molecule has 1 N–H and O–H groups in total. The molecule has 0 unspecified atom stereocenters. The van der Waals surface area contributed by atoms with Gasteiger partial charge in [-0.15, -0.1) is 0 Å². The van der Waals surface area contributed by atoms with Crippen molar-refractivity contribution in [1.82, 2.24) is 4.31 Å². The molecule has 4 nitrogen and oxygen atoms in total. The maximum atomic E-state index is 11.7. The zero-order chi connectivity index (χ0) is 10.8. The number of hydrogen-bond donors (Lipinski definition) is 1. The number of sulfonamides is 1. The minimum absolute atomic E-state index is 0.0864. The molecule has 1 fully saturated rings. The first-order valence-corrected chi connectivity index (χ1v) is 6.70. The van der Waals surface area contributed by atoms with Crippen molar-refractivity contribution in [3.8, 4) is 0 Å². The summed E-state index contributed by atoms with van der Waals surface area (Å²) < 4.78 is 24.9. The molecule has 1 saturated heterocycles. The van der Waals surface area contributed by atoms with E-state index in [-0.39, 0.29) is 24.3 Å². The SMILES string of the molecule is CC(C)[C@H](CO)N1CCCCS1(=O)=O. The molecule has 0 bridgehead atoms. The van der Waals surface area contributed by atoms with Crippen LogP contribution in [0.4, 0.5) is 0 Å². The van der Waals surface area contributed by atoms with Crippen LogP contribution >= 0.6 is 0 Å². The molecule has 14 heavy (non-hydrogen) atoms. The smallest absolute Gasteiger partial charge is 0.214 e. The lowest BCUT2D eigenvalue weighted by Crippen LogP contribution is -2.48. The van der Waals surface area contributed by atoms with Gasteiger partial charge in [0.2, 0.25) is 10.0 Å². The van der Waals surface area contributed by atoms with E-state index >= 15 is 0 Å². The average Bonchev–Trinajstić information content (AvgIpc) is 2.08. The Morgan fingerprint density at radius 3 is 2.43 bits per heavy atom. The summed E-state index contributed by atoms with van der Waals surface area (Å²) in [5.74, 6) is 0.392. The van der Waals surface area contributed by atoms with E-state index < -0.39 is 10.0 Å². The van der Waals surface area contributed by atoms with Gasteiger partial charge in [0.15, 0.2) is 0 Å². The Labute approximate surface area is 86.0 Å². The summed E-state index contributed by atoms with van der Waals surface area (Å²) in [5.41, 5.74) is 0. The van der Waals surface area contributed by atoms with Crippen molar-refractivity contribution < 1.29 is 13.5 Å². The lowest BCUT2D eigenvalue weighted by atomic mass is 10.1. The van der Waals surface area contributed by atoms with Gasteiger partial charge in [-0.25, -0.2) is 8.42 Å². The topological polar surface area (TPSA) is 57.6 Å². The highest BCUT2D eigenvalue weighted by molar-refractivity contribution is 7.89. The molecular formula is C9H19NO3S. The van der Waals surface area contributed by atoms with Crippen LogP contribution < -0.4 is 0 Å². The fourth-order valence-corrected chi connectivity index (χ4v) is 3.75. The van der Waals surface area contributed by atoms with E-state index in [0.29, 0.717) is 6.54 Å². The minimum Gasteiger partial charge on any atom is -0.395 e. The first-order chi connectivity index (χ1) is 6.49. The Bertz CT molecular complexity index is 274. The summed E-state index contributed by atoms with van der Waals surface area (Å²) in [7, 11) is -3.11. The van der Waals surface area contributed by atoms with Crippen molar-refractivity contribution in [2.75, 3.05) is 18.9 Å². The molecule has 0 radical (unpaired) electrons. The predicted octanol–water partition coefficient (Wildman–Crippen LogP) is 0.429. The van der Waals surface area contributed by atoms with E-state index in [1.165, 1.54) is 4.31 Å². The molecule has 1 aliphatic heterocycles. The fourth-order valence-electron chi connectivity index (χ4n) is 1.81. The van der Waals surface area contributed by atoms with E-state index in [9.17, 15) is 13.5 Å². The zero-order valence-corrected chi connectivity index (χ0v) is 9.63. The Kier molecular flexibility index (Phi) is 3.92. The third-order valence-electron chi connectivity index (χ3n) is 2.71. The maximum absolute atomic E-state index is 11.7. The third kappa shape index (κ3) is 2.46. The summed E-state index contributed by atoms with van der Waals surface area (Å²) in [5, 5.41) is 9.17. The highest BCUT2D eigenvalue weighted by Crippen LogP contribution is 2.20. The quantitative estimate of drug-likeness (QED) is 0.752. The Morgan fingerprint density at radius 1 is 1.36 bits per heavy atom. The normalized spacial score (nSPS) is 25.1. The van der Waals surface area contributed by atoms with E-state index in [1.807, 2.05) is 13.8 Å². The number of aliphatic hydroxyl groups is 1. The summed E-state index contributed by atoms with van der Waals surface area (Å²) in [4.78, 5) is 0. The van der Waals surface area contributed by atoms with Gasteiger partial charge in [-0.3, -0.25) is 0 Å². The molecule has 0 spiro atoms. The van der Waals surface area contributed by atoms with Crippen molar-refractivity contribution in [2.45, 2.75) is 32.7 Å². The van der Waals surface area contributed by atoms with E-state index in [1.54, 1.807) is 0 Å². The van der Waals surface area contributed by atoms with Gasteiger partial charge in [0.1, 0.15) is 0 Å². The molecule has 0 aliphatic carbocycles. The Morgan fingerprint density at radius 2 is 2.00 bits per heavy atom. The largest absolute Gasteiger partial charge is 0.395 e. The molecule has 0 saturated carbocycles. The van der Waals surface area contributed by atoms with Gasteiger partial charge in [-0.2, -0.15) is 4.31 Å². The van der Waals surface area contributed by atoms with Crippen LogP contribution in [-0.2, 0) is 10.0 Å². The first kappa shape index (κ1) is 11.9. The fraction of sp³-hybridized carbons (Fsp3) is 1.00. The first-order valence-electron chi connectivity index (χ1n) is 5.09. The predicted molar refractivity (Wildman–Crippen MR) is 55.4 cm³/mol. The van der Waals surface area contributed by atoms with Crippen molar-refractivity contribution in [3.05, 3.63) is 0 Å². The van der Waals surface area contributed by atoms with Crippen molar-refractivity contribution in [3.63, 3.8) is 0 Å². The maximum Gasteiger partial charge on any atom is 0.214 e. The molecule has 84 valence electrons. The minimum atomic E-state index is -3.11. The van der Waals surface area contributed by atoms with Gasteiger partial charge in [-0.1, -0.05) is 13.8 Å². The molecule has 0 aromatic rings. The van der Waals surface area contributed by atoms with E-state index in [4.69, 9.17) is 0 Å². The number of rotatable bonds is 3. The molecule has 1 rings (SSSR count). The molecule has 1 aliphatic rings. The van der Waals surface area contributed by atoms with Gasteiger partial charge in [0.05, 0.1) is 18.4 Å². The van der Waals surface area contributed by atoms with Crippen LogP contribution in [0, 0.1) is 5.92 Å². The summed E-state index contributed by atoms with van der Waals surface area (Å²) >= 11 is 0. The third-order valence-corrected chi connectivity index (χ3v) is 4.69. The lowest BCUT2D eigenvalue weighted by molar-refractivity contribution is 0.147. The van der Waals surface area contributed by atoms with Crippen LogP contribution in [-0.4, -0.2) is 42.8 Å². The second-order valence-corrected chi connectivity index (χ2v) is 6.17. The summed E-state index contributed by atoms with van der Waals surface area (Å²) in [6, 6.07) is -0.250. The van der Waals surface area contributed by atoms with Crippen molar-refractivity contribution in [1.29, 1.82) is 0 Å². The van der Waals surface area contributed by atoms with Crippen LogP contribution in [0.3, 0.4) is 0 Å². The van der Waals surface area contributed by atoms with E-state index in [0.717, 1.165) is 12.8 Å². The average molecular weight is 221 g/mol. The van der Waals surface area contributed by atoms with Crippen LogP contribution in [0.15, 0.2) is 0 Å². The molecule has 0 aromatic carbocycles. The zero-order valence-electron chi connectivity index (χ0n) is 8.81. The number of nitrogens with zero attached hydrogens (tertiary/aromatic N) is 1. The van der Waals surface area contributed by atoms with Gasteiger partial charge >= 0.3 is 0 Å². The molecular weight excluding hydrogens is 202 g/mol. The van der Waals surface area contributed by atoms with Crippen LogP contribution in [0.5, 0.6) is 0 Å². The second kappa shape index (κ2) is 4.59. The molecule has 0 aromatic heterocycles. The van der Waals surface area contributed by atoms with Gasteiger partial charge in [-0.05, 0) is 18.8 Å². The second-order valence-electron chi connectivity index (χ2n) is 4.13. The van der Waals surface area contributed by atoms with Gasteiger partial charge < -0.3 is 5.11 Å².